The summed E-state index contributed by atoms with van der Waals surface area (Å²) >= 11 is 5.88. The fourth-order valence-corrected chi connectivity index (χ4v) is 2.61. The Labute approximate surface area is 140 Å². The van der Waals surface area contributed by atoms with Crippen molar-refractivity contribution in [2.75, 3.05) is 0 Å². The Kier molecular flexibility index (Phi) is 4.72. The van der Waals surface area contributed by atoms with E-state index >= 15 is 0 Å². The minimum Gasteiger partial charge on any atom is -0.386 e. The Morgan fingerprint density at radius 3 is 2.13 bits per heavy atom. The summed E-state index contributed by atoms with van der Waals surface area (Å²) in [6, 6.07) is 18.3. The molecule has 1 heterocycles. The topological polar surface area (TPSA) is 59.1 Å². The number of hydrogen-bond donors (Lipinski definition) is 2. The van der Waals surface area contributed by atoms with E-state index in [9.17, 15) is 5.11 Å². The van der Waals surface area contributed by atoms with Gasteiger partial charge in [0.05, 0.1) is 12.1 Å². The number of benzene rings is 2. The van der Waals surface area contributed by atoms with Crippen molar-refractivity contribution in [3.8, 4) is 11.1 Å². The molecule has 0 unspecified atom stereocenters. The first-order valence-electron chi connectivity index (χ1n) is 7.34. The van der Waals surface area contributed by atoms with Crippen LogP contribution in [0.4, 0.5) is 0 Å². The van der Waals surface area contributed by atoms with Crippen molar-refractivity contribution in [2.45, 2.75) is 12.1 Å². The SMILES string of the molecule is N[C@@H](c1ccc(Cl)cc1)[C@H](O)c1ccc(-c2cccnc2)cc1. The van der Waals surface area contributed by atoms with Crippen LogP contribution in [0.25, 0.3) is 11.1 Å². The summed E-state index contributed by atoms with van der Waals surface area (Å²) in [5, 5.41) is 11.2. The molecule has 4 heteroatoms. The molecule has 0 fully saturated rings. The molecule has 2 aromatic carbocycles. The van der Waals surface area contributed by atoms with Gasteiger partial charge in [0.25, 0.3) is 0 Å². The molecule has 2 atom stereocenters. The Hall–Kier alpha value is -2.20. The first-order chi connectivity index (χ1) is 11.1. The van der Waals surface area contributed by atoms with Gasteiger partial charge in [0.1, 0.15) is 0 Å². The van der Waals surface area contributed by atoms with Crippen molar-refractivity contribution in [3.63, 3.8) is 0 Å². The molecule has 0 saturated heterocycles. The summed E-state index contributed by atoms with van der Waals surface area (Å²) in [7, 11) is 0. The zero-order valence-electron chi connectivity index (χ0n) is 12.4. The van der Waals surface area contributed by atoms with Gasteiger partial charge in [-0.25, -0.2) is 0 Å². The van der Waals surface area contributed by atoms with E-state index in [0.717, 1.165) is 22.3 Å². The lowest BCUT2D eigenvalue weighted by Crippen LogP contribution is -2.19. The number of aromatic nitrogens is 1. The number of hydrogen-bond acceptors (Lipinski definition) is 3. The number of nitrogens with two attached hydrogens (primary N) is 1. The maximum absolute atomic E-state index is 10.5. The second-order valence-corrected chi connectivity index (χ2v) is 5.82. The summed E-state index contributed by atoms with van der Waals surface area (Å²) in [5.41, 5.74) is 9.88. The predicted octanol–water partition coefficient (Wildman–Crippen LogP) is 4.14. The molecule has 0 bridgehead atoms. The number of halogens is 1. The fraction of sp³-hybridized carbons (Fsp3) is 0.105. The van der Waals surface area contributed by atoms with Gasteiger partial charge in [-0.1, -0.05) is 54.1 Å². The number of nitrogens with zero attached hydrogens (tertiary/aromatic N) is 1. The van der Waals surface area contributed by atoms with E-state index < -0.39 is 12.1 Å². The number of pyridine rings is 1. The van der Waals surface area contributed by atoms with Crippen LogP contribution in [-0.4, -0.2) is 10.1 Å². The van der Waals surface area contributed by atoms with Gasteiger partial charge in [0.15, 0.2) is 0 Å². The molecule has 0 aliphatic heterocycles. The van der Waals surface area contributed by atoms with E-state index in [1.54, 1.807) is 18.3 Å². The highest BCUT2D eigenvalue weighted by Crippen LogP contribution is 2.29. The average molecular weight is 325 g/mol. The van der Waals surface area contributed by atoms with Gasteiger partial charge in [-0.2, -0.15) is 0 Å². The van der Waals surface area contributed by atoms with Crippen molar-refractivity contribution in [2.24, 2.45) is 5.73 Å². The van der Waals surface area contributed by atoms with Crippen LogP contribution >= 0.6 is 11.6 Å². The third-order valence-corrected chi connectivity index (χ3v) is 4.09. The zero-order valence-corrected chi connectivity index (χ0v) is 13.2. The Morgan fingerprint density at radius 1 is 0.870 bits per heavy atom. The van der Waals surface area contributed by atoms with Gasteiger partial charge in [-0.3, -0.25) is 4.98 Å². The molecule has 0 aliphatic rings. The third kappa shape index (κ3) is 3.59. The van der Waals surface area contributed by atoms with E-state index in [0.29, 0.717) is 5.02 Å². The summed E-state index contributed by atoms with van der Waals surface area (Å²) in [4.78, 5) is 4.11. The molecule has 0 amide bonds. The molecule has 3 aromatic rings. The van der Waals surface area contributed by atoms with Crippen LogP contribution < -0.4 is 5.73 Å². The van der Waals surface area contributed by atoms with Gasteiger partial charge >= 0.3 is 0 Å². The number of aliphatic hydroxyl groups excluding tert-OH is 1. The molecule has 0 radical (unpaired) electrons. The van der Waals surface area contributed by atoms with Crippen LogP contribution in [-0.2, 0) is 0 Å². The molecule has 1 aromatic heterocycles. The van der Waals surface area contributed by atoms with Gasteiger partial charge in [-0.05, 0) is 40.5 Å². The highest BCUT2D eigenvalue weighted by atomic mass is 35.5. The number of rotatable bonds is 4. The van der Waals surface area contributed by atoms with Crippen LogP contribution in [0.15, 0.2) is 73.1 Å². The average Bonchev–Trinajstić information content (AvgIpc) is 2.62. The minimum absolute atomic E-state index is 0.503. The van der Waals surface area contributed by atoms with Crippen molar-refractivity contribution in [1.29, 1.82) is 0 Å². The van der Waals surface area contributed by atoms with Gasteiger partial charge in [-0.15, -0.1) is 0 Å². The molecule has 3 N–H and O–H groups in total. The summed E-state index contributed by atoms with van der Waals surface area (Å²) in [6.07, 6.45) is 2.77. The first-order valence-corrected chi connectivity index (χ1v) is 7.72. The number of aliphatic hydroxyl groups is 1. The highest BCUT2D eigenvalue weighted by molar-refractivity contribution is 6.30. The lowest BCUT2D eigenvalue weighted by Gasteiger charge is -2.20. The van der Waals surface area contributed by atoms with Gasteiger partial charge in [0.2, 0.25) is 0 Å². The second-order valence-electron chi connectivity index (χ2n) is 5.39. The van der Waals surface area contributed by atoms with Crippen LogP contribution in [0.3, 0.4) is 0 Å². The normalized spacial score (nSPS) is 13.5. The molecule has 3 rings (SSSR count). The van der Waals surface area contributed by atoms with Crippen molar-refractivity contribution in [1.82, 2.24) is 4.98 Å². The molecular weight excluding hydrogens is 308 g/mol. The maximum Gasteiger partial charge on any atom is 0.0982 e. The molecule has 23 heavy (non-hydrogen) atoms. The van der Waals surface area contributed by atoms with Crippen molar-refractivity contribution in [3.05, 3.63) is 89.2 Å². The van der Waals surface area contributed by atoms with Crippen LogP contribution in [0.1, 0.15) is 23.3 Å². The molecule has 0 spiro atoms. The summed E-state index contributed by atoms with van der Waals surface area (Å²) in [6.45, 7) is 0. The summed E-state index contributed by atoms with van der Waals surface area (Å²) in [5.74, 6) is 0. The fourth-order valence-electron chi connectivity index (χ4n) is 2.48. The van der Waals surface area contributed by atoms with Gasteiger partial charge in [0, 0.05) is 17.4 Å². The quantitative estimate of drug-likeness (QED) is 0.758. The van der Waals surface area contributed by atoms with E-state index in [1.807, 2.05) is 54.7 Å². The van der Waals surface area contributed by atoms with Crippen LogP contribution in [0.5, 0.6) is 0 Å². The van der Waals surface area contributed by atoms with Crippen LogP contribution in [0.2, 0.25) is 5.02 Å². The second kappa shape index (κ2) is 6.92. The zero-order chi connectivity index (χ0) is 16.2. The van der Waals surface area contributed by atoms with Crippen molar-refractivity contribution < 1.29 is 5.11 Å². The lowest BCUT2D eigenvalue weighted by molar-refractivity contribution is 0.147. The highest BCUT2D eigenvalue weighted by Gasteiger charge is 2.18. The maximum atomic E-state index is 10.5. The lowest BCUT2D eigenvalue weighted by atomic mass is 9.95. The minimum atomic E-state index is -0.779. The molecule has 116 valence electrons. The molecule has 0 aliphatic carbocycles. The van der Waals surface area contributed by atoms with Crippen LogP contribution in [0, 0.1) is 0 Å². The predicted molar refractivity (Wildman–Crippen MR) is 93.0 cm³/mol. The largest absolute Gasteiger partial charge is 0.386 e. The monoisotopic (exact) mass is 324 g/mol. The summed E-state index contributed by atoms with van der Waals surface area (Å²) < 4.78 is 0. The van der Waals surface area contributed by atoms with E-state index in [4.69, 9.17) is 17.3 Å². The first kappa shape index (κ1) is 15.7. The van der Waals surface area contributed by atoms with Crippen molar-refractivity contribution >= 4 is 11.6 Å². The third-order valence-electron chi connectivity index (χ3n) is 3.84. The van der Waals surface area contributed by atoms with E-state index in [-0.39, 0.29) is 0 Å². The standard InChI is InChI=1S/C19H17ClN2O/c20-17-9-7-14(8-10-17)18(21)19(23)15-5-3-13(4-6-15)16-2-1-11-22-12-16/h1-12,18-19,23H,21H2/t18-,19+/m0/s1. The van der Waals surface area contributed by atoms with E-state index in [2.05, 4.69) is 4.98 Å². The molecular formula is C19H17ClN2O. The Bertz CT molecular complexity index is 758. The van der Waals surface area contributed by atoms with E-state index in [1.165, 1.54) is 0 Å². The Balaban J connectivity index is 1.80. The smallest absolute Gasteiger partial charge is 0.0982 e. The molecule has 3 nitrogen and oxygen atoms in total. The molecule has 0 saturated carbocycles. The Morgan fingerprint density at radius 2 is 1.52 bits per heavy atom. The van der Waals surface area contributed by atoms with Gasteiger partial charge < -0.3 is 10.8 Å².